The molecule has 1 saturated heterocycles. The Bertz CT molecular complexity index is 649. The highest BCUT2D eigenvalue weighted by Crippen LogP contribution is 2.22. The fourth-order valence-electron chi connectivity index (χ4n) is 3.34. The maximum atomic E-state index is 6.17. The van der Waals surface area contributed by atoms with Crippen LogP contribution < -0.4 is 4.74 Å². The second kappa shape index (κ2) is 8.22. The van der Waals surface area contributed by atoms with E-state index >= 15 is 0 Å². The highest BCUT2D eigenvalue weighted by atomic mass is 35.5. The Hall–Kier alpha value is -1.55. The summed E-state index contributed by atoms with van der Waals surface area (Å²) in [6.07, 6.45) is 0. The van der Waals surface area contributed by atoms with E-state index in [0.717, 1.165) is 50.0 Å². The third-order valence-electron chi connectivity index (χ3n) is 4.53. The first-order chi connectivity index (χ1) is 12.0. The van der Waals surface area contributed by atoms with Crippen LogP contribution in [0.25, 0.3) is 0 Å². The molecule has 0 amide bonds. The molecule has 0 unspecified atom stereocenters. The molecular formula is C21H27ClN2O. The van der Waals surface area contributed by atoms with Crippen LogP contribution in [0.2, 0.25) is 5.02 Å². The summed E-state index contributed by atoms with van der Waals surface area (Å²) in [5, 5.41) is 0.736. The fourth-order valence-corrected chi connectivity index (χ4v) is 3.47. The predicted octanol–water partition coefficient (Wildman–Crippen LogP) is 4.32. The Kier molecular flexibility index (Phi) is 6.00. The van der Waals surface area contributed by atoms with Crippen molar-refractivity contribution in [3.63, 3.8) is 0 Å². The van der Waals surface area contributed by atoms with Gasteiger partial charge in [0.05, 0.1) is 0 Å². The van der Waals surface area contributed by atoms with E-state index in [2.05, 4.69) is 54.0 Å². The Labute approximate surface area is 156 Å². The van der Waals surface area contributed by atoms with Crippen molar-refractivity contribution >= 4 is 11.6 Å². The van der Waals surface area contributed by atoms with Gasteiger partial charge in [-0.25, -0.2) is 0 Å². The third kappa shape index (κ3) is 5.74. The first-order valence-corrected chi connectivity index (χ1v) is 9.31. The van der Waals surface area contributed by atoms with E-state index in [-0.39, 0.29) is 5.60 Å². The van der Waals surface area contributed by atoms with Gasteiger partial charge in [0.2, 0.25) is 0 Å². The minimum absolute atomic E-state index is 0.227. The van der Waals surface area contributed by atoms with E-state index in [9.17, 15) is 0 Å². The number of nitrogens with zero attached hydrogens (tertiary/aromatic N) is 2. The molecule has 2 aromatic carbocycles. The lowest BCUT2D eigenvalue weighted by atomic mass is 10.1. The topological polar surface area (TPSA) is 15.7 Å². The number of halogens is 1. The monoisotopic (exact) mass is 358 g/mol. The largest absolute Gasteiger partial charge is 0.487 e. The normalized spacial score (nSPS) is 16.8. The predicted molar refractivity (Wildman–Crippen MR) is 104 cm³/mol. The van der Waals surface area contributed by atoms with Crippen molar-refractivity contribution in [1.82, 2.24) is 9.80 Å². The molecule has 0 N–H and O–H groups in total. The summed E-state index contributed by atoms with van der Waals surface area (Å²) in [7, 11) is 0. The molecule has 25 heavy (non-hydrogen) atoms. The summed E-state index contributed by atoms with van der Waals surface area (Å²) in [4.78, 5) is 5.02. The molecule has 0 bridgehead atoms. The Morgan fingerprint density at radius 2 is 1.48 bits per heavy atom. The van der Waals surface area contributed by atoms with Crippen LogP contribution in [-0.4, -0.2) is 48.1 Å². The van der Waals surface area contributed by atoms with Gasteiger partial charge in [-0.2, -0.15) is 0 Å². The molecule has 4 heteroatoms. The Balaban J connectivity index is 1.46. The number of hydrogen-bond donors (Lipinski definition) is 0. The van der Waals surface area contributed by atoms with E-state index in [1.165, 1.54) is 5.56 Å². The number of ether oxygens (including phenoxy) is 1. The number of benzene rings is 2. The molecule has 1 fully saturated rings. The van der Waals surface area contributed by atoms with Gasteiger partial charge in [-0.05, 0) is 43.7 Å². The van der Waals surface area contributed by atoms with E-state index in [1.807, 2.05) is 24.3 Å². The molecule has 3 nitrogen and oxygen atoms in total. The average Bonchev–Trinajstić information content (AvgIpc) is 2.59. The Morgan fingerprint density at radius 1 is 0.880 bits per heavy atom. The van der Waals surface area contributed by atoms with Crippen LogP contribution in [0.15, 0.2) is 54.6 Å². The first-order valence-electron chi connectivity index (χ1n) is 8.93. The van der Waals surface area contributed by atoms with Gasteiger partial charge in [0.1, 0.15) is 11.4 Å². The van der Waals surface area contributed by atoms with Gasteiger partial charge in [0.25, 0.3) is 0 Å². The minimum Gasteiger partial charge on any atom is -0.487 e. The molecule has 2 aromatic rings. The molecule has 0 saturated carbocycles. The standard InChI is InChI=1S/C21H27ClN2O/c1-21(2,25-20-10-8-19(22)9-11-20)17-24-14-12-23(13-15-24)16-18-6-4-3-5-7-18/h3-11H,12-17H2,1-2H3. The second-order valence-corrected chi connectivity index (χ2v) is 7.79. The summed E-state index contributed by atoms with van der Waals surface area (Å²) < 4.78 is 6.17. The fraction of sp³-hybridized carbons (Fsp3) is 0.429. The van der Waals surface area contributed by atoms with E-state index < -0.39 is 0 Å². The van der Waals surface area contributed by atoms with Crippen LogP contribution in [0.4, 0.5) is 0 Å². The summed E-state index contributed by atoms with van der Waals surface area (Å²) in [5.74, 6) is 0.872. The van der Waals surface area contributed by atoms with Gasteiger partial charge in [0, 0.05) is 44.3 Å². The van der Waals surface area contributed by atoms with Crippen molar-refractivity contribution in [3.8, 4) is 5.75 Å². The average molecular weight is 359 g/mol. The molecule has 0 spiro atoms. The second-order valence-electron chi connectivity index (χ2n) is 7.35. The SMILES string of the molecule is CC(C)(CN1CCN(Cc2ccccc2)CC1)Oc1ccc(Cl)cc1. The van der Waals surface area contributed by atoms with Gasteiger partial charge < -0.3 is 4.74 Å². The molecule has 0 aromatic heterocycles. The van der Waals surface area contributed by atoms with Crippen LogP contribution in [-0.2, 0) is 6.54 Å². The van der Waals surface area contributed by atoms with Crippen molar-refractivity contribution < 1.29 is 4.74 Å². The highest BCUT2D eigenvalue weighted by molar-refractivity contribution is 6.30. The first kappa shape index (κ1) is 18.2. The molecule has 0 radical (unpaired) electrons. The molecule has 1 heterocycles. The summed E-state index contributed by atoms with van der Waals surface area (Å²) in [5.41, 5.74) is 1.16. The molecule has 0 aliphatic carbocycles. The van der Waals surface area contributed by atoms with Crippen LogP contribution >= 0.6 is 11.6 Å². The van der Waals surface area contributed by atoms with E-state index in [4.69, 9.17) is 16.3 Å². The smallest absolute Gasteiger partial charge is 0.120 e. The van der Waals surface area contributed by atoms with Crippen molar-refractivity contribution in [2.24, 2.45) is 0 Å². The summed E-state index contributed by atoms with van der Waals surface area (Å²) >= 11 is 5.94. The van der Waals surface area contributed by atoms with Crippen molar-refractivity contribution in [3.05, 3.63) is 65.2 Å². The third-order valence-corrected chi connectivity index (χ3v) is 4.78. The molecule has 1 aliphatic rings. The Morgan fingerprint density at radius 3 is 2.12 bits per heavy atom. The van der Waals surface area contributed by atoms with E-state index in [0.29, 0.717) is 0 Å². The van der Waals surface area contributed by atoms with E-state index in [1.54, 1.807) is 0 Å². The summed E-state index contributed by atoms with van der Waals surface area (Å²) in [6, 6.07) is 18.3. The number of rotatable bonds is 6. The summed E-state index contributed by atoms with van der Waals surface area (Å²) in [6.45, 7) is 10.6. The van der Waals surface area contributed by atoms with Crippen LogP contribution in [0.1, 0.15) is 19.4 Å². The van der Waals surface area contributed by atoms with Crippen molar-refractivity contribution in [2.45, 2.75) is 26.0 Å². The number of piperazine rings is 1. The zero-order valence-electron chi connectivity index (χ0n) is 15.1. The van der Waals surface area contributed by atoms with Crippen molar-refractivity contribution in [2.75, 3.05) is 32.7 Å². The van der Waals surface area contributed by atoms with Gasteiger partial charge in [-0.1, -0.05) is 41.9 Å². The maximum absolute atomic E-state index is 6.17. The minimum atomic E-state index is -0.227. The lowest BCUT2D eigenvalue weighted by Gasteiger charge is -2.39. The zero-order valence-corrected chi connectivity index (χ0v) is 15.9. The van der Waals surface area contributed by atoms with Gasteiger partial charge >= 0.3 is 0 Å². The zero-order chi connectivity index (χ0) is 17.7. The van der Waals surface area contributed by atoms with Gasteiger partial charge in [-0.15, -0.1) is 0 Å². The highest BCUT2D eigenvalue weighted by Gasteiger charge is 2.26. The van der Waals surface area contributed by atoms with Gasteiger partial charge in [0.15, 0.2) is 0 Å². The molecule has 1 aliphatic heterocycles. The molecular weight excluding hydrogens is 332 g/mol. The number of hydrogen-bond acceptors (Lipinski definition) is 3. The van der Waals surface area contributed by atoms with Gasteiger partial charge in [-0.3, -0.25) is 9.80 Å². The van der Waals surface area contributed by atoms with Crippen LogP contribution in [0.5, 0.6) is 5.75 Å². The van der Waals surface area contributed by atoms with Crippen LogP contribution in [0, 0.1) is 0 Å². The molecule has 3 rings (SSSR count). The molecule has 134 valence electrons. The lowest BCUT2D eigenvalue weighted by molar-refractivity contribution is 0.0344. The quantitative estimate of drug-likeness (QED) is 0.765. The lowest BCUT2D eigenvalue weighted by Crippen LogP contribution is -2.51. The van der Waals surface area contributed by atoms with Crippen LogP contribution in [0.3, 0.4) is 0 Å². The maximum Gasteiger partial charge on any atom is 0.120 e. The molecule has 0 atom stereocenters. The van der Waals surface area contributed by atoms with Crippen molar-refractivity contribution in [1.29, 1.82) is 0 Å².